The number of fused-ring (bicyclic) bond motifs is 2. The highest BCUT2D eigenvalue weighted by atomic mass is 35.5. The predicted octanol–water partition coefficient (Wildman–Crippen LogP) is 4.24. The summed E-state index contributed by atoms with van der Waals surface area (Å²) >= 11 is 7.47. The number of benzene rings is 1. The van der Waals surface area contributed by atoms with Crippen LogP contribution in [-0.2, 0) is 0 Å². The molecule has 0 aliphatic carbocycles. The van der Waals surface area contributed by atoms with E-state index in [0.717, 1.165) is 10.2 Å². The van der Waals surface area contributed by atoms with Crippen molar-refractivity contribution in [3.05, 3.63) is 46.4 Å². The molecule has 0 aliphatic heterocycles. The summed E-state index contributed by atoms with van der Waals surface area (Å²) in [5, 5.41) is 6.78. The van der Waals surface area contributed by atoms with Crippen LogP contribution in [0.3, 0.4) is 0 Å². The molecule has 1 N–H and O–H groups in total. The maximum atomic E-state index is 12.1. The van der Waals surface area contributed by atoms with Crippen molar-refractivity contribution >= 4 is 50.1 Å². The number of ether oxygens (including phenoxy) is 1. The van der Waals surface area contributed by atoms with Crippen molar-refractivity contribution in [3.63, 3.8) is 0 Å². The zero-order valence-corrected chi connectivity index (χ0v) is 12.0. The van der Waals surface area contributed by atoms with Crippen LogP contribution in [0, 0.1) is 0 Å². The van der Waals surface area contributed by atoms with Gasteiger partial charge in [0.05, 0.1) is 15.6 Å². The first-order valence-electron chi connectivity index (χ1n) is 6.04. The first-order valence-corrected chi connectivity index (χ1v) is 7.30. The molecule has 3 aromatic heterocycles. The van der Waals surface area contributed by atoms with E-state index in [-0.39, 0.29) is 5.88 Å². The molecule has 0 aliphatic rings. The number of aromatic amines is 1. The molecule has 0 atom stereocenters. The van der Waals surface area contributed by atoms with Crippen molar-refractivity contribution in [2.75, 3.05) is 0 Å². The molecule has 0 radical (unpaired) electrons. The summed E-state index contributed by atoms with van der Waals surface area (Å²) in [4.78, 5) is 15.1. The number of nitrogens with one attached hydrogen (secondary N) is 1. The molecule has 4 aromatic rings. The van der Waals surface area contributed by atoms with Gasteiger partial charge in [-0.2, -0.15) is 0 Å². The number of halogens is 1. The monoisotopic (exact) mass is 318 g/mol. The summed E-state index contributed by atoms with van der Waals surface area (Å²) in [6.45, 7) is 0. The van der Waals surface area contributed by atoms with Gasteiger partial charge in [-0.1, -0.05) is 11.6 Å². The highest BCUT2D eigenvalue weighted by Gasteiger charge is 2.17. The Hall–Kier alpha value is -2.31. The second kappa shape index (κ2) is 4.61. The Labute approximate surface area is 127 Å². The van der Waals surface area contributed by atoms with Gasteiger partial charge < -0.3 is 14.2 Å². The van der Waals surface area contributed by atoms with Gasteiger partial charge in [0.25, 0.3) is 5.88 Å². The van der Waals surface area contributed by atoms with Crippen LogP contribution in [0.15, 0.2) is 40.2 Å². The standard InChI is InChI=1S/C14H7ClN2O3S/c15-7-1-2-11-8(5-7)13(17-20-11)19-14(18)10-6-12-9(16-10)3-4-21-12/h1-6,16H. The Morgan fingerprint density at radius 1 is 1.33 bits per heavy atom. The van der Waals surface area contributed by atoms with Gasteiger partial charge in [0.2, 0.25) is 0 Å². The number of carbonyl (C=O) groups is 1. The molecule has 3 heterocycles. The fourth-order valence-corrected chi connectivity index (χ4v) is 3.02. The Balaban J connectivity index is 1.69. The van der Waals surface area contributed by atoms with E-state index >= 15 is 0 Å². The van der Waals surface area contributed by atoms with Crippen molar-refractivity contribution in [3.8, 4) is 5.88 Å². The van der Waals surface area contributed by atoms with Crippen LogP contribution in [0.5, 0.6) is 5.88 Å². The number of H-pyrrole nitrogens is 1. The first kappa shape index (κ1) is 12.4. The third-order valence-electron chi connectivity index (χ3n) is 3.05. The largest absolute Gasteiger partial charge is 0.399 e. The van der Waals surface area contributed by atoms with Crippen LogP contribution in [-0.4, -0.2) is 16.1 Å². The van der Waals surface area contributed by atoms with Crippen LogP contribution < -0.4 is 4.74 Å². The summed E-state index contributed by atoms with van der Waals surface area (Å²) in [5.74, 6) is -0.413. The quantitative estimate of drug-likeness (QED) is 0.561. The summed E-state index contributed by atoms with van der Waals surface area (Å²) in [5.41, 5.74) is 1.78. The fraction of sp³-hybridized carbons (Fsp3) is 0. The highest BCUT2D eigenvalue weighted by Crippen LogP contribution is 2.28. The smallest absolute Gasteiger partial charge is 0.361 e. The Kier molecular flexibility index (Phi) is 2.73. The third-order valence-corrected chi connectivity index (χ3v) is 4.15. The van der Waals surface area contributed by atoms with Crippen molar-refractivity contribution < 1.29 is 14.1 Å². The van der Waals surface area contributed by atoms with Crippen molar-refractivity contribution in [2.24, 2.45) is 0 Å². The minimum Gasteiger partial charge on any atom is -0.399 e. The van der Waals surface area contributed by atoms with Gasteiger partial charge in [-0.05, 0) is 40.9 Å². The molecular formula is C14H7ClN2O3S. The van der Waals surface area contributed by atoms with E-state index in [0.29, 0.717) is 21.7 Å². The molecule has 4 rings (SSSR count). The van der Waals surface area contributed by atoms with Gasteiger partial charge in [-0.3, -0.25) is 0 Å². The summed E-state index contributed by atoms with van der Waals surface area (Å²) in [7, 11) is 0. The van der Waals surface area contributed by atoms with Crippen molar-refractivity contribution in [1.29, 1.82) is 0 Å². The van der Waals surface area contributed by atoms with Crippen LogP contribution in [0.2, 0.25) is 5.02 Å². The Bertz CT molecular complexity index is 940. The molecule has 104 valence electrons. The van der Waals surface area contributed by atoms with Gasteiger partial charge in [-0.25, -0.2) is 4.79 Å². The molecular weight excluding hydrogens is 312 g/mol. The number of hydrogen-bond donors (Lipinski definition) is 1. The SMILES string of the molecule is O=C(Oc1noc2ccc(Cl)cc12)c1cc2sccc2[nH]1. The molecule has 1 aromatic carbocycles. The second-order valence-electron chi connectivity index (χ2n) is 4.40. The van der Waals surface area contributed by atoms with E-state index in [1.165, 1.54) is 0 Å². The molecule has 0 unspecified atom stereocenters. The zero-order valence-electron chi connectivity index (χ0n) is 10.4. The van der Waals surface area contributed by atoms with Crippen LogP contribution >= 0.6 is 22.9 Å². The van der Waals surface area contributed by atoms with Crippen molar-refractivity contribution in [2.45, 2.75) is 0 Å². The summed E-state index contributed by atoms with van der Waals surface area (Å²) in [6.07, 6.45) is 0. The van der Waals surface area contributed by atoms with Gasteiger partial charge in [0.1, 0.15) is 5.69 Å². The number of carbonyl (C=O) groups excluding carboxylic acids is 1. The Morgan fingerprint density at radius 3 is 3.10 bits per heavy atom. The van der Waals surface area contributed by atoms with Crippen LogP contribution in [0.25, 0.3) is 21.2 Å². The van der Waals surface area contributed by atoms with Gasteiger partial charge in [0, 0.05) is 5.02 Å². The van der Waals surface area contributed by atoms with Gasteiger partial charge in [0.15, 0.2) is 5.58 Å². The molecule has 5 nitrogen and oxygen atoms in total. The summed E-state index contributed by atoms with van der Waals surface area (Å²) < 4.78 is 11.4. The molecule has 0 saturated carbocycles. The molecule has 7 heteroatoms. The van der Waals surface area contributed by atoms with E-state index < -0.39 is 5.97 Å². The molecule has 0 amide bonds. The van der Waals surface area contributed by atoms with E-state index in [1.54, 1.807) is 35.6 Å². The van der Waals surface area contributed by atoms with E-state index in [4.69, 9.17) is 20.9 Å². The van der Waals surface area contributed by atoms with Crippen LogP contribution in [0.4, 0.5) is 0 Å². The van der Waals surface area contributed by atoms with Gasteiger partial charge in [-0.15, -0.1) is 11.3 Å². The normalized spacial score (nSPS) is 11.3. The number of nitrogens with zero attached hydrogens (tertiary/aromatic N) is 1. The molecule has 21 heavy (non-hydrogen) atoms. The third kappa shape index (κ3) is 2.09. The lowest BCUT2D eigenvalue weighted by atomic mass is 10.2. The topological polar surface area (TPSA) is 68.1 Å². The zero-order chi connectivity index (χ0) is 14.4. The predicted molar refractivity (Wildman–Crippen MR) is 80.2 cm³/mol. The average molecular weight is 319 g/mol. The average Bonchev–Trinajstić information content (AvgIpc) is 3.13. The van der Waals surface area contributed by atoms with Gasteiger partial charge >= 0.3 is 5.97 Å². The molecule has 0 spiro atoms. The number of rotatable bonds is 2. The highest BCUT2D eigenvalue weighted by molar-refractivity contribution is 7.17. The minimum absolute atomic E-state index is 0.107. The van der Waals surface area contributed by atoms with E-state index in [1.807, 2.05) is 11.4 Å². The lowest BCUT2D eigenvalue weighted by Crippen LogP contribution is -2.09. The van der Waals surface area contributed by atoms with Crippen molar-refractivity contribution in [1.82, 2.24) is 10.1 Å². The molecule has 0 saturated heterocycles. The van der Waals surface area contributed by atoms with Crippen LogP contribution in [0.1, 0.15) is 10.5 Å². The number of thiophene rings is 1. The number of esters is 1. The maximum Gasteiger partial charge on any atom is 0.361 e. The number of hydrogen-bond acceptors (Lipinski definition) is 5. The van der Waals surface area contributed by atoms with E-state index in [2.05, 4.69) is 10.1 Å². The fourth-order valence-electron chi connectivity index (χ4n) is 2.06. The minimum atomic E-state index is -0.520. The second-order valence-corrected chi connectivity index (χ2v) is 5.78. The first-order chi connectivity index (χ1) is 10.2. The lowest BCUT2D eigenvalue weighted by molar-refractivity contribution is 0.0718. The molecule has 0 bridgehead atoms. The van der Waals surface area contributed by atoms with E-state index in [9.17, 15) is 4.79 Å². The molecule has 0 fully saturated rings. The number of aromatic nitrogens is 2. The lowest BCUT2D eigenvalue weighted by Gasteiger charge is -1.98. The summed E-state index contributed by atoms with van der Waals surface area (Å²) in [6, 6.07) is 8.65. The Morgan fingerprint density at radius 2 is 2.24 bits per heavy atom. The maximum absolute atomic E-state index is 12.1.